The Balaban J connectivity index is 1.51. The number of amides is 1. The SMILES string of the molecule is COC(=O)C1CCC(C(=O)Nc2ccc(Nc3nc(-c4ccccc4)ccc3[N+](=O)[O-])c(C)c2F)CC1. The van der Waals surface area contributed by atoms with Crippen LogP contribution in [0.4, 0.5) is 27.3 Å². The zero-order valence-electron chi connectivity index (χ0n) is 20.5. The molecule has 0 atom stereocenters. The summed E-state index contributed by atoms with van der Waals surface area (Å²) in [5.74, 6) is -1.79. The van der Waals surface area contributed by atoms with Crippen LogP contribution in [0.2, 0.25) is 0 Å². The molecule has 0 spiro atoms. The van der Waals surface area contributed by atoms with Crippen LogP contribution < -0.4 is 10.6 Å². The minimum Gasteiger partial charge on any atom is -0.469 e. The first-order chi connectivity index (χ1) is 17.8. The molecule has 0 bridgehead atoms. The number of carbonyl (C=O) groups excluding carboxylic acids is 2. The summed E-state index contributed by atoms with van der Waals surface area (Å²) in [6, 6.07) is 15.1. The maximum Gasteiger partial charge on any atom is 0.311 e. The molecule has 37 heavy (non-hydrogen) atoms. The van der Waals surface area contributed by atoms with Crippen molar-refractivity contribution >= 4 is 34.8 Å². The van der Waals surface area contributed by atoms with Gasteiger partial charge in [-0.2, -0.15) is 0 Å². The number of hydrogen-bond acceptors (Lipinski definition) is 7. The first kappa shape index (κ1) is 25.7. The summed E-state index contributed by atoms with van der Waals surface area (Å²) in [5.41, 5.74) is 1.53. The largest absolute Gasteiger partial charge is 0.469 e. The van der Waals surface area contributed by atoms with Crippen molar-refractivity contribution < 1.29 is 23.6 Å². The van der Waals surface area contributed by atoms with Crippen LogP contribution >= 0.6 is 0 Å². The summed E-state index contributed by atoms with van der Waals surface area (Å²) in [4.78, 5) is 39.9. The molecule has 2 N–H and O–H groups in total. The number of anilines is 3. The standard InChI is InChI=1S/C27H27FN4O5/c1-16-20(29-25-23(32(35)36)15-14-21(30-25)17-6-4-3-5-7-17)12-13-22(24(16)28)31-26(33)18-8-10-19(11-9-18)27(34)37-2/h3-7,12-15,18-19H,8-11H2,1-2H3,(H,29,30)(H,31,33). The molecule has 1 heterocycles. The third-order valence-electron chi connectivity index (χ3n) is 6.67. The van der Waals surface area contributed by atoms with E-state index >= 15 is 4.39 Å². The molecular formula is C27H27FN4O5. The van der Waals surface area contributed by atoms with E-state index in [2.05, 4.69) is 15.6 Å². The number of hydrogen-bond donors (Lipinski definition) is 2. The van der Waals surface area contributed by atoms with Crippen molar-refractivity contribution in [2.75, 3.05) is 17.7 Å². The normalized spacial score (nSPS) is 17.1. The Hall–Kier alpha value is -4.34. The van der Waals surface area contributed by atoms with Crippen LogP contribution in [0, 0.1) is 34.7 Å². The predicted molar refractivity (Wildman–Crippen MR) is 137 cm³/mol. The fourth-order valence-corrected chi connectivity index (χ4v) is 4.50. The number of ether oxygens (including phenoxy) is 1. The fraction of sp³-hybridized carbons (Fsp3) is 0.296. The van der Waals surface area contributed by atoms with E-state index in [1.165, 1.54) is 26.2 Å². The lowest BCUT2D eigenvalue weighted by atomic mass is 9.81. The Morgan fingerprint density at radius 1 is 1.00 bits per heavy atom. The van der Waals surface area contributed by atoms with Gasteiger partial charge in [0.1, 0.15) is 0 Å². The number of carbonyl (C=O) groups is 2. The number of nitrogens with zero attached hydrogens (tertiary/aromatic N) is 2. The third kappa shape index (κ3) is 5.74. The number of aromatic nitrogens is 1. The van der Waals surface area contributed by atoms with E-state index in [9.17, 15) is 19.7 Å². The van der Waals surface area contributed by atoms with Crippen molar-refractivity contribution in [3.8, 4) is 11.3 Å². The highest BCUT2D eigenvalue weighted by atomic mass is 19.1. The molecule has 3 aromatic rings. The first-order valence-electron chi connectivity index (χ1n) is 11.9. The van der Waals surface area contributed by atoms with Crippen molar-refractivity contribution in [2.45, 2.75) is 32.6 Å². The molecule has 1 aromatic heterocycles. The van der Waals surface area contributed by atoms with Gasteiger partial charge in [0.05, 0.1) is 29.3 Å². The van der Waals surface area contributed by atoms with Gasteiger partial charge in [0.25, 0.3) is 0 Å². The van der Waals surface area contributed by atoms with Gasteiger partial charge in [-0.1, -0.05) is 30.3 Å². The maximum atomic E-state index is 15.2. The van der Waals surface area contributed by atoms with E-state index in [4.69, 9.17) is 4.74 Å². The lowest BCUT2D eigenvalue weighted by Crippen LogP contribution is -2.30. The minimum atomic E-state index is -0.650. The van der Waals surface area contributed by atoms with Gasteiger partial charge in [-0.15, -0.1) is 0 Å². The summed E-state index contributed by atoms with van der Waals surface area (Å²) in [7, 11) is 1.35. The molecule has 9 nitrogen and oxygen atoms in total. The van der Waals surface area contributed by atoms with Gasteiger partial charge in [-0.3, -0.25) is 19.7 Å². The number of methoxy groups -OCH3 is 1. The molecule has 10 heteroatoms. The monoisotopic (exact) mass is 506 g/mol. The minimum absolute atomic E-state index is 0.0173. The Morgan fingerprint density at radius 3 is 2.30 bits per heavy atom. The average molecular weight is 507 g/mol. The van der Waals surface area contributed by atoms with Crippen molar-refractivity contribution in [1.82, 2.24) is 4.98 Å². The molecule has 1 amide bonds. The summed E-state index contributed by atoms with van der Waals surface area (Å²) in [6.45, 7) is 1.52. The second-order valence-corrected chi connectivity index (χ2v) is 8.97. The highest BCUT2D eigenvalue weighted by Crippen LogP contribution is 2.34. The fourth-order valence-electron chi connectivity index (χ4n) is 4.50. The number of pyridine rings is 1. The molecule has 0 unspecified atom stereocenters. The van der Waals surface area contributed by atoms with E-state index in [0.717, 1.165) is 5.56 Å². The average Bonchev–Trinajstić information content (AvgIpc) is 2.92. The van der Waals surface area contributed by atoms with Gasteiger partial charge in [0.2, 0.25) is 11.7 Å². The van der Waals surface area contributed by atoms with Crippen LogP contribution in [-0.2, 0) is 14.3 Å². The highest BCUT2D eigenvalue weighted by molar-refractivity contribution is 5.93. The summed E-state index contributed by atoms with van der Waals surface area (Å²) in [6.07, 6.45) is 2.11. The van der Waals surface area contributed by atoms with Gasteiger partial charge in [-0.25, -0.2) is 9.37 Å². The predicted octanol–water partition coefficient (Wildman–Crippen LogP) is 5.77. The quantitative estimate of drug-likeness (QED) is 0.237. The van der Waals surface area contributed by atoms with E-state index in [1.807, 2.05) is 30.3 Å². The van der Waals surface area contributed by atoms with Gasteiger partial charge in [0, 0.05) is 28.8 Å². The number of nitro groups is 1. The molecular weight excluding hydrogens is 479 g/mol. The molecule has 1 aliphatic rings. The van der Waals surface area contributed by atoms with Crippen LogP contribution in [0.3, 0.4) is 0 Å². The summed E-state index contributed by atoms with van der Waals surface area (Å²) < 4.78 is 20.0. The topological polar surface area (TPSA) is 123 Å². The Labute approximate surface area is 213 Å². The van der Waals surface area contributed by atoms with Gasteiger partial charge in [-0.05, 0) is 50.8 Å². The zero-order valence-corrected chi connectivity index (χ0v) is 20.5. The number of rotatable bonds is 7. The second kappa shape index (κ2) is 11.2. The summed E-state index contributed by atoms with van der Waals surface area (Å²) >= 11 is 0. The molecule has 0 aliphatic heterocycles. The molecule has 1 saturated carbocycles. The molecule has 1 fully saturated rings. The molecule has 4 rings (SSSR count). The van der Waals surface area contributed by atoms with Gasteiger partial charge in [0.15, 0.2) is 5.82 Å². The van der Waals surface area contributed by atoms with E-state index in [1.54, 1.807) is 12.1 Å². The lowest BCUT2D eigenvalue weighted by molar-refractivity contribution is -0.384. The van der Waals surface area contributed by atoms with Crippen molar-refractivity contribution in [3.05, 3.63) is 76.1 Å². The number of nitrogens with one attached hydrogen (secondary N) is 2. The molecule has 2 aromatic carbocycles. The van der Waals surface area contributed by atoms with E-state index < -0.39 is 10.7 Å². The number of halogens is 1. The first-order valence-corrected chi connectivity index (χ1v) is 11.9. The number of benzene rings is 2. The van der Waals surface area contributed by atoms with E-state index in [-0.39, 0.29) is 52.2 Å². The number of esters is 1. The van der Waals surface area contributed by atoms with Gasteiger partial charge >= 0.3 is 11.7 Å². The van der Waals surface area contributed by atoms with Crippen molar-refractivity contribution in [3.63, 3.8) is 0 Å². The van der Waals surface area contributed by atoms with Crippen molar-refractivity contribution in [1.29, 1.82) is 0 Å². The molecule has 0 saturated heterocycles. The smallest absolute Gasteiger partial charge is 0.311 e. The Bertz CT molecular complexity index is 1320. The van der Waals surface area contributed by atoms with Crippen LogP contribution in [0.25, 0.3) is 11.3 Å². The van der Waals surface area contributed by atoms with Crippen molar-refractivity contribution in [2.24, 2.45) is 11.8 Å². The Kier molecular flexibility index (Phi) is 7.76. The van der Waals surface area contributed by atoms with Crippen LogP contribution in [0.15, 0.2) is 54.6 Å². The molecule has 0 radical (unpaired) electrons. The van der Waals surface area contributed by atoms with Crippen LogP contribution in [-0.4, -0.2) is 28.9 Å². The zero-order chi connectivity index (χ0) is 26.5. The van der Waals surface area contributed by atoms with Crippen LogP contribution in [0.5, 0.6) is 0 Å². The second-order valence-electron chi connectivity index (χ2n) is 8.97. The lowest BCUT2D eigenvalue weighted by Gasteiger charge is -2.26. The maximum absolute atomic E-state index is 15.2. The molecule has 192 valence electrons. The third-order valence-corrected chi connectivity index (χ3v) is 6.67. The highest BCUT2D eigenvalue weighted by Gasteiger charge is 2.31. The van der Waals surface area contributed by atoms with Crippen LogP contribution in [0.1, 0.15) is 31.2 Å². The van der Waals surface area contributed by atoms with Gasteiger partial charge < -0.3 is 15.4 Å². The van der Waals surface area contributed by atoms with E-state index in [0.29, 0.717) is 31.4 Å². The Morgan fingerprint density at radius 2 is 1.65 bits per heavy atom. The summed E-state index contributed by atoms with van der Waals surface area (Å²) in [5, 5.41) is 17.1. The molecule has 1 aliphatic carbocycles.